The van der Waals surface area contributed by atoms with Crippen molar-refractivity contribution in [2.24, 2.45) is 5.92 Å². The van der Waals surface area contributed by atoms with Crippen molar-refractivity contribution >= 4 is 11.6 Å². The molecule has 0 radical (unpaired) electrons. The minimum absolute atomic E-state index is 0.0136. The maximum absolute atomic E-state index is 12.5. The van der Waals surface area contributed by atoms with Crippen LogP contribution in [0, 0.1) is 12.8 Å². The van der Waals surface area contributed by atoms with Crippen LogP contribution in [0.25, 0.3) is 0 Å². The number of likely N-dealkylation sites (tertiary alicyclic amines) is 1. The number of hydrogen-bond acceptors (Lipinski definition) is 3. The molecular weight excluding hydrogens is 240 g/mol. The monoisotopic (exact) mass is 262 g/mol. The number of nitrogen functional groups attached to an aromatic ring is 1. The second kappa shape index (κ2) is 5.61. The van der Waals surface area contributed by atoms with Crippen LogP contribution in [0.5, 0.6) is 0 Å². The molecule has 4 heteroatoms. The van der Waals surface area contributed by atoms with Gasteiger partial charge in [0.2, 0.25) is 0 Å². The maximum Gasteiger partial charge on any atom is 0.256 e. The fourth-order valence-electron chi connectivity index (χ4n) is 2.73. The first kappa shape index (κ1) is 13.9. The Hall–Kier alpha value is -1.55. The number of rotatable bonds is 2. The van der Waals surface area contributed by atoms with Crippen LogP contribution in [-0.4, -0.2) is 35.1 Å². The van der Waals surface area contributed by atoms with Crippen LogP contribution in [0.15, 0.2) is 18.2 Å². The molecule has 0 spiro atoms. The summed E-state index contributed by atoms with van der Waals surface area (Å²) in [6.45, 7) is 5.12. The summed E-state index contributed by atoms with van der Waals surface area (Å²) in [5, 5.41) is 9.58. The van der Waals surface area contributed by atoms with Crippen molar-refractivity contribution in [1.82, 2.24) is 4.90 Å². The summed E-state index contributed by atoms with van der Waals surface area (Å²) in [4.78, 5) is 14.3. The van der Waals surface area contributed by atoms with Crippen molar-refractivity contribution in [3.63, 3.8) is 0 Å². The van der Waals surface area contributed by atoms with Crippen LogP contribution in [0.1, 0.15) is 35.7 Å². The van der Waals surface area contributed by atoms with E-state index in [2.05, 4.69) is 0 Å². The normalized spacial score (nSPS) is 18.4. The average Bonchev–Trinajstić information content (AvgIpc) is 2.38. The molecule has 3 N–H and O–H groups in total. The van der Waals surface area contributed by atoms with Crippen molar-refractivity contribution in [2.45, 2.75) is 32.8 Å². The first-order valence-electron chi connectivity index (χ1n) is 6.83. The van der Waals surface area contributed by atoms with Crippen molar-refractivity contribution in [1.29, 1.82) is 0 Å². The van der Waals surface area contributed by atoms with Crippen LogP contribution in [0.3, 0.4) is 0 Å². The highest BCUT2D eigenvalue weighted by Crippen LogP contribution is 2.24. The first-order valence-corrected chi connectivity index (χ1v) is 6.83. The number of carbonyl (C=O) groups excluding carboxylic acids is 1. The fourth-order valence-corrected chi connectivity index (χ4v) is 2.73. The summed E-state index contributed by atoms with van der Waals surface area (Å²) < 4.78 is 0. The number of carbonyl (C=O) groups is 1. The Labute approximate surface area is 114 Å². The summed E-state index contributed by atoms with van der Waals surface area (Å²) in [5.74, 6) is 0.318. The lowest BCUT2D eigenvalue weighted by Gasteiger charge is -2.33. The molecule has 2 rings (SSSR count). The number of aryl methyl sites for hydroxylation is 1. The summed E-state index contributed by atoms with van der Waals surface area (Å²) in [6, 6.07) is 5.54. The Morgan fingerprint density at radius 2 is 2.05 bits per heavy atom. The van der Waals surface area contributed by atoms with Gasteiger partial charge in [0.1, 0.15) is 0 Å². The molecule has 1 atom stereocenters. The smallest absolute Gasteiger partial charge is 0.256 e. The second-order valence-electron chi connectivity index (χ2n) is 5.41. The maximum atomic E-state index is 12.5. The van der Waals surface area contributed by atoms with Gasteiger partial charge in [0.25, 0.3) is 5.91 Å². The molecule has 0 aliphatic carbocycles. The predicted octanol–water partition coefficient (Wildman–Crippen LogP) is 1.81. The van der Waals surface area contributed by atoms with Crippen LogP contribution in [-0.2, 0) is 0 Å². The van der Waals surface area contributed by atoms with Crippen LogP contribution >= 0.6 is 0 Å². The molecule has 1 heterocycles. The van der Waals surface area contributed by atoms with Gasteiger partial charge >= 0.3 is 0 Å². The lowest BCUT2D eigenvalue weighted by molar-refractivity contribution is 0.0521. The standard InChI is InChI=1S/C15H22N2O2/c1-10-4-3-5-13(16)14(10)15(19)17-8-6-12(7-9-17)11(2)18/h3-5,11-12,18H,6-9,16H2,1-2H3. The Bertz CT molecular complexity index is 443. The molecule has 4 nitrogen and oxygen atoms in total. The summed E-state index contributed by atoms with van der Waals surface area (Å²) >= 11 is 0. The topological polar surface area (TPSA) is 66.6 Å². The number of aliphatic hydroxyl groups excluding tert-OH is 1. The number of hydrogen-bond donors (Lipinski definition) is 2. The van der Waals surface area contributed by atoms with Gasteiger partial charge in [0, 0.05) is 18.8 Å². The van der Waals surface area contributed by atoms with E-state index in [0.717, 1.165) is 18.4 Å². The molecule has 1 aromatic rings. The zero-order valence-corrected chi connectivity index (χ0v) is 11.6. The van der Waals surface area contributed by atoms with Crippen molar-refractivity contribution in [3.05, 3.63) is 29.3 Å². The largest absolute Gasteiger partial charge is 0.398 e. The van der Waals surface area contributed by atoms with Gasteiger partial charge in [-0.15, -0.1) is 0 Å². The first-order chi connectivity index (χ1) is 9.00. The number of aliphatic hydroxyl groups is 1. The summed E-state index contributed by atoms with van der Waals surface area (Å²) in [5.41, 5.74) is 8.00. The zero-order valence-electron chi connectivity index (χ0n) is 11.6. The van der Waals surface area contributed by atoms with E-state index in [-0.39, 0.29) is 12.0 Å². The molecule has 19 heavy (non-hydrogen) atoms. The highest BCUT2D eigenvalue weighted by atomic mass is 16.3. The molecule has 0 bridgehead atoms. The van der Waals surface area contributed by atoms with E-state index in [1.165, 1.54) is 0 Å². The highest BCUT2D eigenvalue weighted by Gasteiger charge is 2.27. The molecule has 1 amide bonds. The van der Waals surface area contributed by atoms with E-state index in [1.54, 1.807) is 6.07 Å². The number of anilines is 1. The summed E-state index contributed by atoms with van der Waals surface area (Å²) in [7, 11) is 0. The molecule has 104 valence electrons. The molecule has 1 aliphatic heterocycles. The third-order valence-electron chi connectivity index (χ3n) is 4.03. The zero-order chi connectivity index (χ0) is 14.0. The Morgan fingerprint density at radius 1 is 1.42 bits per heavy atom. The van der Waals surface area contributed by atoms with Crippen molar-refractivity contribution in [2.75, 3.05) is 18.8 Å². The third kappa shape index (κ3) is 2.89. The third-order valence-corrected chi connectivity index (χ3v) is 4.03. The molecule has 1 saturated heterocycles. The Kier molecular flexibility index (Phi) is 4.10. The number of nitrogens with two attached hydrogens (primary N) is 1. The summed E-state index contributed by atoms with van der Waals surface area (Å²) in [6.07, 6.45) is 1.42. The molecule has 1 fully saturated rings. The number of piperidine rings is 1. The van der Waals surface area contributed by atoms with Gasteiger partial charge < -0.3 is 15.7 Å². The van der Waals surface area contributed by atoms with E-state index >= 15 is 0 Å². The minimum atomic E-state index is -0.291. The van der Waals surface area contributed by atoms with Crippen molar-refractivity contribution < 1.29 is 9.90 Å². The number of nitrogens with zero attached hydrogens (tertiary/aromatic N) is 1. The van der Waals surface area contributed by atoms with Crippen LogP contribution in [0.2, 0.25) is 0 Å². The van der Waals surface area contributed by atoms with E-state index in [1.807, 2.05) is 30.9 Å². The molecule has 0 saturated carbocycles. The van der Waals surface area contributed by atoms with Crippen LogP contribution < -0.4 is 5.73 Å². The molecule has 0 aromatic heterocycles. The molecule has 1 aromatic carbocycles. The van der Waals surface area contributed by atoms with Gasteiger partial charge in [-0.2, -0.15) is 0 Å². The van der Waals surface area contributed by atoms with E-state index in [4.69, 9.17) is 5.73 Å². The second-order valence-corrected chi connectivity index (χ2v) is 5.41. The van der Waals surface area contributed by atoms with E-state index in [0.29, 0.717) is 30.3 Å². The quantitative estimate of drug-likeness (QED) is 0.799. The minimum Gasteiger partial charge on any atom is -0.398 e. The Morgan fingerprint density at radius 3 is 2.58 bits per heavy atom. The highest BCUT2D eigenvalue weighted by molar-refractivity contribution is 6.00. The van der Waals surface area contributed by atoms with Crippen molar-refractivity contribution in [3.8, 4) is 0 Å². The number of amides is 1. The predicted molar refractivity (Wildman–Crippen MR) is 75.9 cm³/mol. The lowest BCUT2D eigenvalue weighted by atomic mass is 9.91. The van der Waals surface area contributed by atoms with Gasteiger partial charge in [-0.1, -0.05) is 12.1 Å². The van der Waals surface area contributed by atoms with Gasteiger partial charge in [0.05, 0.1) is 11.7 Å². The van der Waals surface area contributed by atoms with Gasteiger partial charge in [-0.3, -0.25) is 4.79 Å². The lowest BCUT2D eigenvalue weighted by Crippen LogP contribution is -2.41. The average molecular weight is 262 g/mol. The Balaban J connectivity index is 2.10. The number of benzene rings is 1. The SMILES string of the molecule is Cc1cccc(N)c1C(=O)N1CCC(C(C)O)CC1. The van der Waals surface area contributed by atoms with E-state index in [9.17, 15) is 9.90 Å². The molecule has 1 unspecified atom stereocenters. The fraction of sp³-hybridized carbons (Fsp3) is 0.533. The van der Waals surface area contributed by atoms with Gasteiger partial charge in [-0.05, 0) is 44.2 Å². The van der Waals surface area contributed by atoms with Gasteiger partial charge in [0.15, 0.2) is 0 Å². The molecular formula is C15H22N2O2. The van der Waals surface area contributed by atoms with Gasteiger partial charge in [-0.25, -0.2) is 0 Å². The van der Waals surface area contributed by atoms with E-state index < -0.39 is 0 Å². The molecule has 1 aliphatic rings. The van der Waals surface area contributed by atoms with Crippen LogP contribution in [0.4, 0.5) is 5.69 Å².